The maximum absolute atomic E-state index is 9.91. The van der Waals surface area contributed by atoms with Gasteiger partial charge in [-0.15, -0.1) is 0 Å². The molecular formula is C16H20N2O3. The average Bonchev–Trinajstić information content (AvgIpc) is 2.54. The number of pyridine rings is 1. The highest BCUT2D eigenvalue weighted by Gasteiger charge is 2.07. The zero-order chi connectivity index (χ0) is 14.9. The van der Waals surface area contributed by atoms with Crippen LogP contribution in [0.25, 0.3) is 0 Å². The number of ether oxygens (including phenoxy) is 2. The summed E-state index contributed by atoms with van der Waals surface area (Å²) in [6.07, 6.45) is 2.91. The van der Waals surface area contributed by atoms with E-state index < -0.39 is 6.10 Å². The van der Waals surface area contributed by atoms with E-state index >= 15 is 0 Å². The first kappa shape index (κ1) is 15.3. The van der Waals surface area contributed by atoms with Crippen molar-refractivity contribution in [2.75, 3.05) is 20.3 Å². The van der Waals surface area contributed by atoms with Gasteiger partial charge in [-0.1, -0.05) is 12.1 Å². The van der Waals surface area contributed by atoms with E-state index in [0.717, 1.165) is 5.56 Å². The topological polar surface area (TPSA) is 63.6 Å². The van der Waals surface area contributed by atoms with Gasteiger partial charge in [0.05, 0.1) is 7.11 Å². The molecule has 0 amide bonds. The minimum atomic E-state index is -0.586. The normalized spacial score (nSPS) is 11.9. The summed E-state index contributed by atoms with van der Waals surface area (Å²) >= 11 is 0. The van der Waals surface area contributed by atoms with Gasteiger partial charge in [-0.3, -0.25) is 4.98 Å². The predicted molar refractivity (Wildman–Crippen MR) is 80.4 cm³/mol. The number of para-hydroxylation sites is 2. The van der Waals surface area contributed by atoms with Gasteiger partial charge < -0.3 is 19.9 Å². The Hall–Kier alpha value is -2.11. The highest BCUT2D eigenvalue weighted by Crippen LogP contribution is 2.25. The van der Waals surface area contributed by atoms with Crippen molar-refractivity contribution in [3.63, 3.8) is 0 Å². The van der Waals surface area contributed by atoms with Crippen LogP contribution < -0.4 is 14.8 Å². The summed E-state index contributed by atoms with van der Waals surface area (Å²) in [4.78, 5) is 3.96. The molecule has 5 heteroatoms. The van der Waals surface area contributed by atoms with Crippen LogP contribution in [-0.2, 0) is 6.54 Å². The zero-order valence-electron chi connectivity index (χ0n) is 12.0. The molecule has 0 saturated carbocycles. The van der Waals surface area contributed by atoms with Crippen molar-refractivity contribution >= 4 is 0 Å². The Labute approximate surface area is 124 Å². The highest BCUT2D eigenvalue weighted by atomic mass is 16.5. The van der Waals surface area contributed by atoms with Crippen molar-refractivity contribution in [3.05, 3.63) is 54.4 Å². The number of aliphatic hydroxyl groups excluding tert-OH is 1. The third-order valence-corrected chi connectivity index (χ3v) is 2.96. The van der Waals surface area contributed by atoms with Gasteiger partial charge >= 0.3 is 0 Å². The fourth-order valence-electron chi connectivity index (χ4n) is 1.87. The molecule has 0 spiro atoms. The van der Waals surface area contributed by atoms with Gasteiger partial charge in [-0.05, 0) is 29.8 Å². The number of hydrogen-bond donors (Lipinski definition) is 2. The van der Waals surface area contributed by atoms with Gasteiger partial charge in [0, 0.05) is 25.5 Å². The smallest absolute Gasteiger partial charge is 0.161 e. The van der Waals surface area contributed by atoms with Crippen molar-refractivity contribution < 1.29 is 14.6 Å². The monoisotopic (exact) mass is 288 g/mol. The molecule has 1 aromatic carbocycles. The number of nitrogens with zero attached hydrogens (tertiary/aromatic N) is 1. The van der Waals surface area contributed by atoms with Gasteiger partial charge in [-0.25, -0.2) is 0 Å². The van der Waals surface area contributed by atoms with E-state index in [9.17, 15) is 5.11 Å². The number of methoxy groups -OCH3 is 1. The van der Waals surface area contributed by atoms with Gasteiger partial charge in [0.1, 0.15) is 12.7 Å². The summed E-state index contributed by atoms with van der Waals surface area (Å²) in [5, 5.41) is 13.1. The zero-order valence-corrected chi connectivity index (χ0v) is 12.0. The quantitative estimate of drug-likeness (QED) is 0.773. The molecule has 2 rings (SSSR count). The third-order valence-electron chi connectivity index (χ3n) is 2.96. The van der Waals surface area contributed by atoms with Gasteiger partial charge in [0.2, 0.25) is 0 Å². The number of aromatic nitrogens is 1. The molecule has 0 saturated heterocycles. The molecule has 2 aromatic rings. The van der Waals surface area contributed by atoms with Gasteiger partial charge in [0.25, 0.3) is 0 Å². The van der Waals surface area contributed by atoms with Crippen molar-refractivity contribution in [2.24, 2.45) is 0 Å². The first-order chi connectivity index (χ1) is 10.3. The summed E-state index contributed by atoms with van der Waals surface area (Å²) in [5.41, 5.74) is 1.13. The standard InChI is InChI=1S/C16H20N2O3/c1-20-15-4-2-3-5-16(15)21-12-14(19)11-18-10-13-6-8-17-9-7-13/h2-9,14,18-19H,10-12H2,1H3. The van der Waals surface area contributed by atoms with Crippen molar-refractivity contribution in [2.45, 2.75) is 12.6 Å². The fourth-order valence-corrected chi connectivity index (χ4v) is 1.87. The lowest BCUT2D eigenvalue weighted by atomic mass is 10.2. The van der Waals surface area contributed by atoms with Crippen LogP contribution in [0.3, 0.4) is 0 Å². The molecule has 21 heavy (non-hydrogen) atoms. The highest BCUT2D eigenvalue weighted by molar-refractivity contribution is 5.39. The fraction of sp³-hybridized carbons (Fsp3) is 0.312. The lowest BCUT2D eigenvalue weighted by Gasteiger charge is -2.15. The number of rotatable bonds is 8. The van der Waals surface area contributed by atoms with Gasteiger partial charge in [-0.2, -0.15) is 0 Å². The summed E-state index contributed by atoms with van der Waals surface area (Å²) in [6, 6.07) is 11.2. The number of hydrogen-bond acceptors (Lipinski definition) is 5. The molecule has 2 N–H and O–H groups in total. The van der Waals surface area contributed by atoms with Crippen LogP contribution in [0.15, 0.2) is 48.8 Å². The lowest BCUT2D eigenvalue weighted by Crippen LogP contribution is -2.31. The number of aliphatic hydroxyl groups is 1. The molecular weight excluding hydrogens is 268 g/mol. The van der Waals surface area contributed by atoms with Crippen LogP contribution in [-0.4, -0.2) is 36.5 Å². The van der Waals surface area contributed by atoms with Crippen LogP contribution in [0.1, 0.15) is 5.56 Å². The van der Waals surface area contributed by atoms with E-state index in [1.165, 1.54) is 0 Å². The van der Waals surface area contributed by atoms with E-state index in [4.69, 9.17) is 9.47 Å². The number of benzene rings is 1. The second-order valence-electron chi connectivity index (χ2n) is 4.60. The van der Waals surface area contributed by atoms with Gasteiger partial charge in [0.15, 0.2) is 11.5 Å². The van der Waals surface area contributed by atoms with E-state index in [2.05, 4.69) is 10.3 Å². The first-order valence-corrected chi connectivity index (χ1v) is 6.83. The molecule has 0 radical (unpaired) electrons. The van der Waals surface area contributed by atoms with E-state index in [1.807, 2.05) is 36.4 Å². The summed E-state index contributed by atoms with van der Waals surface area (Å²) in [6.45, 7) is 1.36. The predicted octanol–water partition coefficient (Wildman–Crippen LogP) is 1.62. The first-order valence-electron chi connectivity index (χ1n) is 6.83. The Morgan fingerprint density at radius 2 is 1.86 bits per heavy atom. The molecule has 1 unspecified atom stereocenters. The van der Waals surface area contributed by atoms with E-state index in [1.54, 1.807) is 19.5 Å². The number of nitrogens with one attached hydrogen (secondary N) is 1. The molecule has 5 nitrogen and oxygen atoms in total. The molecule has 1 atom stereocenters. The molecule has 1 heterocycles. The van der Waals surface area contributed by atoms with Crippen LogP contribution in [0.5, 0.6) is 11.5 Å². The van der Waals surface area contributed by atoms with E-state index in [0.29, 0.717) is 24.6 Å². The van der Waals surface area contributed by atoms with Crippen molar-refractivity contribution in [1.82, 2.24) is 10.3 Å². The Bertz CT molecular complexity index is 534. The largest absolute Gasteiger partial charge is 0.493 e. The van der Waals surface area contributed by atoms with Crippen molar-refractivity contribution in [1.29, 1.82) is 0 Å². The maximum Gasteiger partial charge on any atom is 0.161 e. The Kier molecular flexibility index (Phi) is 5.99. The second-order valence-corrected chi connectivity index (χ2v) is 4.60. The van der Waals surface area contributed by atoms with E-state index in [-0.39, 0.29) is 6.61 Å². The Morgan fingerprint density at radius 3 is 2.57 bits per heavy atom. The summed E-state index contributed by atoms with van der Waals surface area (Å²) in [7, 11) is 1.59. The second kappa shape index (κ2) is 8.24. The van der Waals surface area contributed by atoms with Crippen LogP contribution in [0.4, 0.5) is 0 Å². The minimum absolute atomic E-state index is 0.212. The summed E-state index contributed by atoms with van der Waals surface area (Å²) in [5.74, 6) is 1.29. The Balaban J connectivity index is 1.71. The molecule has 0 aliphatic carbocycles. The third kappa shape index (κ3) is 5.06. The molecule has 0 bridgehead atoms. The van der Waals surface area contributed by atoms with Crippen LogP contribution in [0.2, 0.25) is 0 Å². The van der Waals surface area contributed by atoms with Crippen molar-refractivity contribution in [3.8, 4) is 11.5 Å². The average molecular weight is 288 g/mol. The maximum atomic E-state index is 9.91. The van der Waals surface area contributed by atoms with Crippen LogP contribution in [0, 0.1) is 0 Å². The molecule has 0 aliphatic rings. The Morgan fingerprint density at radius 1 is 1.14 bits per heavy atom. The summed E-state index contributed by atoms with van der Waals surface area (Å²) < 4.78 is 10.8. The van der Waals surface area contributed by atoms with Crippen LogP contribution >= 0.6 is 0 Å². The SMILES string of the molecule is COc1ccccc1OCC(O)CNCc1ccncc1. The molecule has 0 aliphatic heterocycles. The molecule has 1 aromatic heterocycles. The lowest BCUT2D eigenvalue weighted by molar-refractivity contribution is 0.104. The minimum Gasteiger partial charge on any atom is -0.493 e. The molecule has 112 valence electrons. The molecule has 0 fully saturated rings.